The van der Waals surface area contributed by atoms with Gasteiger partial charge >= 0.3 is 0 Å². The molecule has 160 valence electrons. The van der Waals surface area contributed by atoms with Crippen LogP contribution in [0.5, 0.6) is 0 Å². The Morgan fingerprint density at radius 2 is 1.60 bits per heavy atom. The van der Waals surface area contributed by atoms with Gasteiger partial charge in [-0.15, -0.1) is 0 Å². The van der Waals surface area contributed by atoms with E-state index < -0.39 is 10.0 Å². The van der Waals surface area contributed by atoms with Gasteiger partial charge in [0.15, 0.2) is 0 Å². The Balaban J connectivity index is 1.48. The first-order valence-corrected chi connectivity index (χ1v) is 11.4. The van der Waals surface area contributed by atoms with Crippen LogP contribution in [0.4, 0.5) is 0 Å². The molecule has 0 atom stereocenters. The van der Waals surface area contributed by atoms with E-state index in [-0.39, 0.29) is 29.3 Å². The predicted molar refractivity (Wildman–Crippen MR) is 115 cm³/mol. The first-order chi connectivity index (χ1) is 14.2. The standard InChI is InChI=1S/C22H27N3O4S/c1-16-12-17(2)14-18(13-16)22(27)23-15-21(26)25-10-8-19(9-11-25)24-30(28,29)20-6-4-3-5-7-20/h3-7,12-14,19,24H,8-11,15H2,1-2H3,(H,23,27). The van der Waals surface area contributed by atoms with Crippen molar-refractivity contribution in [2.24, 2.45) is 0 Å². The van der Waals surface area contributed by atoms with Gasteiger partial charge in [-0.1, -0.05) is 35.4 Å². The number of piperidine rings is 1. The minimum atomic E-state index is -3.57. The fourth-order valence-electron chi connectivity index (χ4n) is 3.61. The van der Waals surface area contributed by atoms with Crippen LogP contribution in [0.3, 0.4) is 0 Å². The number of likely N-dealkylation sites (tertiary alicyclic amines) is 1. The number of nitrogens with zero attached hydrogens (tertiary/aromatic N) is 1. The highest BCUT2D eigenvalue weighted by atomic mass is 32.2. The van der Waals surface area contributed by atoms with Crippen LogP contribution in [0.2, 0.25) is 0 Å². The SMILES string of the molecule is Cc1cc(C)cc(C(=O)NCC(=O)N2CCC(NS(=O)(=O)c3ccccc3)CC2)c1. The average Bonchev–Trinajstić information content (AvgIpc) is 2.72. The van der Waals surface area contributed by atoms with E-state index in [2.05, 4.69) is 10.0 Å². The van der Waals surface area contributed by atoms with Gasteiger partial charge in [-0.3, -0.25) is 9.59 Å². The maximum Gasteiger partial charge on any atom is 0.251 e. The third kappa shape index (κ3) is 5.67. The average molecular weight is 430 g/mol. The van der Waals surface area contributed by atoms with Crippen molar-refractivity contribution in [2.45, 2.75) is 37.6 Å². The van der Waals surface area contributed by atoms with Gasteiger partial charge in [0.05, 0.1) is 11.4 Å². The van der Waals surface area contributed by atoms with Gasteiger partial charge in [0.25, 0.3) is 5.91 Å². The molecule has 3 rings (SSSR count). The molecule has 0 saturated carbocycles. The second-order valence-electron chi connectivity index (χ2n) is 7.65. The van der Waals surface area contributed by atoms with Crippen LogP contribution in [0, 0.1) is 13.8 Å². The van der Waals surface area contributed by atoms with E-state index >= 15 is 0 Å². The summed E-state index contributed by atoms with van der Waals surface area (Å²) in [6, 6.07) is 13.6. The van der Waals surface area contributed by atoms with E-state index in [1.165, 1.54) is 0 Å². The summed E-state index contributed by atoms with van der Waals surface area (Å²) in [5.41, 5.74) is 2.52. The van der Waals surface area contributed by atoms with E-state index in [0.29, 0.717) is 31.5 Å². The molecule has 1 aliphatic heterocycles. The van der Waals surface area contributed by atoms with Crippen LogP contribution < -0.4 is 10.0 Å². The summed E-state index contributed by atoms with van der Waals surface area (Å²) < 4.78 is 27.6. The van der Waals surface area contributed by atoms with Gasteiger partial charge in [0.1, 0.15) is 0 Å². The zero-order chi connectivity index (χ0) is 21.7. The van der Waals surface area contributed by atoms with Crippen molar-refractivity contribution >= 4 is 21.8 Å². The van der Waals surface area contributed by atoms with E-state index in [4.69, 9.17) is 0 Å². The topological polar surface area (TPSA) is 95.6 Å². The number of carbonyl (C=O) groups excluding carboxylic acids is 2. The highest BCUT2D eigenvalue weighted by Crippen LogP contribution is 2.15. The van der Waals surface area contributed by atoms with E-state index in [1.54, 1.807) is 47.4 Å². The van der Waals surface area contributed by atoms with Crippen molar-refractivity contribution in [3.05, 3.63) is 65.2 Å². The lowest BCUT2D eigenvalue weighted by Gasteiger charge is -2.32. The molecule has 0 aliphatic carbocycles. The van der Waals surface area contributed by atoms with Crippen LogP contribution in [0.15, 0.2) is 53.4 Å². The van der Waals surface area contributed by atoms with Gasteiger partial charge in [0, 0.05) is 24.7 Å². The Labute approximate surface area is 177 Å². The summed E-state index contributed by atoms with van der Waals surface area (Å²) in [6.07, 6.45) is 1.06. The molecule has 7 nitrogen and oxygen atoms in total. The minimum Gasteiger partial charge on any atom is -0.343 e. The number of hydrogen-bond donors (Lipinski definition) is 2. The molecule has 0 unspecified atom stereocenters. The molecule has 30 heavy (non-hydrogen) atoms. The molecule has 0 aromatic heterocycles. The Morgan fingerprint density at radius 1 is 1.00 bits per heavy atom. The number of hydrogen-bond acceptors (Lipinski definition) is 4. The molecule has 1 heterocycles. The van der Waals surface area contributed by atoms with Gasteiger partial charge in [-0.25, -0.2) is 13.1 Å². The quantitative estimate of drug-likeness (QED) is 0.734. The number of aryl methyl sites for hydroxylation is 2. The lowest BCUT2D eigenvalue weighted by molar-refractivity contribution is -0.131. The molecule has 1 fully saturated rings. The highest BCUT2D eigenvalue weighted by Gasteiger charge is 2.26. The molecule has 8 heteroatoms. The summed E-state index contributed by atoms with van der Waals surface area (Å²) in [5, 5.41) is 2.68. The normalized spacial score (nSPS) is 15.1. The molecule has 2 amide bonds. The molecule has 0 radical (unpaired) electrons. The molecule has 2 aromatic carbocycles. The number of carbonyl (C=O) groups is 2. The summed E-state index contributed by atoms with van der Waals surface area (Å²) in [7, 11) is -3.57. The van der Waals surface area contributed by atoms with E-state index in [0.717, 1.165) is 11.1 Å². The van der Waals surface area contributed by atoms with Gasteiger partial charge in [-0.2, -0.15) is 0 Å². The summed E-state index contributed by atoms with van der Waals surface area (Å²) in [6.45, 7) is 4.66. The van der Waals surface area contributed by atoms with Crippen molar-refractivity contribution in [2.75, 3.05) is 19.6 Å². The smallest absolute Gasteiger partial charge is 0.251 e. The number of sulfonamides is 1. The Kier molecular flexibility index (Phi) is 6.89. The van der Waals surface area contributed by atoms with Crippen LogP contribution in [-0.4, -0.2) is 50.8 Å². The number of amides is 2. The second-order valence-corrected chi connectivity index (χ2v) is 9.36. The first kappa shape index (κ1) is 22.0. The third-order valence-corrected chi connectivity index (χ3v) is 6.64. The zero-order valence-electron chi connectivity index (χ0n) is 17.2. The fraction of sp³-hybridized carbons (Fsp3) is 0.364. The number of rotatable bonds is 6. The minimum absolute atomic E-state index is 0.0772. The maximum atomic E-state index is 12.5. The highest BCUT2D eigenvalue weighted by molar-refractivity contribution is 7.89. The van der Waals surface area contributed by atoms with Crippen LogP contribution in [0.1, 0.15) is 34.3 Å². The Hall–Kier alpha value is -2.71. The van der Waals surface area contributed by atoms with Crippen LogP contribution in [0.25, 0.3) is 0 Å². The summed E-state index contributed by atoms with van der Waals surface area (Å²) in [5.74, 6) is -0.447. The van der Waals surface area contributed by atoms with Crippen LogP contribution in [-0.2, 0) is 14.8 Å². The van der Waals surface area contributed by atoms with Crippen molar-refractivity contribution < 1.29 is 18.0 Å². The van der Waals surface area contributed by atoms with Crippen LogP contribution >= 0.6 is 0 Å². The molecule has 0 bridgehead atoms. The van der Waals surface area contributed by atoms with Crippen molar-refractivity contribution in [1.82, 2.24) is 14.9 Å². The lowest BCUT2D eigenvalue weighted by Crippen LogP contribution is -2.48. The molecule has 2 aromatic rings. The van der Waals surface area contributed by atoms with Gasteiger partial charge in [-0.05, 0) is 51.0 Å². The summed E-state index contributed by atoms with van der Waals surface area (Å²) >= 11 is 0. The predicted octanol–water partition coefficient (Wildman–Crippen LogP) is 2.00. The monoisotopic (exact) mass is 429 g/mol. The van der Waals surface area contributed by atoms with Crippen molar-refractivity contribution in [1.29, 1.82) is 0 Å². The number of benzene rings is 2. The molecule has 1 aliphatic rings. The summed E-state index contributed by atoms with van der Waals surface area (Å²) in [4.78, 5) is 26.7. The fourth-order valence-corrected chi connectivity index (χ4v) is 4.94. The molecule has 0 spiro atoms. The Bertz CT molecular complexity index is 994. The van der Waals surface area contributed by atoms with Crippen molar-refractivity contribution in [3.8, 4) is 0 Å². The third-order valence-electron chi connectivity index (χ3n) is 5.11. The Morgan fingerprint density at radius 3 is 2.20 bits per heavy atom. The largest absolute Gasteiger partial charge is 0.343 e. The van der Waals surface area contributed by atoms with E-state index in [9.17, 15) is 18.0 Å². The lowest BCUT2D eigenvalue weighted by atomic mass is 10.1. The molecular weight excluding hydrogens is 402 g/mol. The van der Waals surface area contributed by atoms with Gasteiger partial charge in [0.2, 0.25) is 15.9 Å². The van der Waals surface area contributed by atoms with Crippen molar-refractivity contribution in [3.63, 3.8) is 0 Å². The maximum absolute atomic E-state index is 12.5. The molecule has 2 N–H and O–H groups in total. The molecule has 1 saturated heterocycles. The van der Waals surface area contributed by atoms with E-state index in [1.807, 2.05) is 19.9 Å². The van der Waals surface area contributed by atoms with Gasteiger partial charge < -0.3 is 10.2 Å². The number of nitrogens with one attached hydrogen (secondary N) is 2. The molecular formula is C22H27N3O4S. The zero-order valence-corrected chi connectivity index (χ0v) is 18.0. The second kappa shape index (κ2) is 9.40. The first-order valence-electron chi connectivity index (χ1n) is 9.96.